The molecule has 186 valence electrons. The molecule has 0 bridgehead atoms. The zero-order valence-electron chi connectivity index (χ0n) is 20.4. The largest absolute Gasteiger partial charge is 0.490 e. The van der Waals surface area contributed by atoms with Crippen molar-refractivity contribution in [3.8, 4) is 11.5 Å². The van der Waals surface area contributed by atoms with Crippen LogP contribution in [0.5, 0.6) is 11.5 Å². The van der Waals surface area contributed by atoms with Gasteiger partial charge in [-0.2, -0.15) is 9.78 Å². The van der Waals surface area contributed by atoms with Gasteiger partial charge in [0.15, 0.2) is 11.5 Å². The lowest BCUT2D eigenvalue weighted by Crippen LogP contribution is -2.23. The van der Waals surface area contributed by atoms with Gasteiger partial charge in [-0.15, -0.1) is 0 Å². The molecule has 8 heteroatoms. The Morgan fingerprint density at radius 1 is 1.06 bits per heavy atom. The van der Waals surface area contributed by atoms with Gasteiger partial charge in [-0.25, -0.2) is 4.98 Å². The molecule has 0 radical (unpaired) electrons. The summed E-state index contributed by atoms with van der Waals surface area (Å²) in [6.07, 6.45) is 2.47. The van der Waals surface area contributed by atoms with Crippen molar-refractivity contribution in [2.45, 2.75) is 39.7 Å². The average molecular weight is 569 g/mol. The van der Waals surface area contributed by atoms with E-state index in [4.69, 9.17) is 26.1 Å². The first-order valence-electron chi connectivity index (χ1n) is 11.8. The SMILES string of the molecule is CCOc1cc(C=Nn2c([C@@H](C)CC)nc3ccc(Br)cc3c2=O)ccc1OCc1ccc(Cl)cc1. The number of ether oxygens (including phenoxy) is 2. The van der Waals surface area contributed by atoms with Gasteiger partial charge in [-0.05, 0) is 73.0 Å². The van der Waals surface area contributed by atoms with Gasteiger partial charge < -0.3 is 9.47 Å². The highest BCUT2D eigenvalue weighted by atomic mass is 79.9. The maximum Gasteiger partial charge on any atom is 0.282 e. The Labute approximate surface area is 223 Å². The van der Waals surface area contributed by atoms with Gasteiger partial charge in [-0.1, -0.05) is 53.5 Å². The molecule has 4 rings (SSSR count). The van der Waals surface area contributed by atoms with Gasteiger partial charge in [0.05, 0.1) is 23.7 Å². The summed E-state index contributed by atoms with van der Waals surface area (Å²) >= 11 is 9.41. The fourth-order valence-electron chi connectivity index (χ4n) is 3.64. The summed E-state index contributed by atoms with van der Waals surface area (Å²) in [5.41, 5.74) is 2.22. The molecule has 0 saturated heterocycles. The zero-order chi connectivity index (χ0) is 25.7. The third-order valence-corrected chi connectivity index (χ3v) is 6.53. The minimum atomic E-state index is -0.208. The summed E-state index contributed by atoms with van der Waals surface area (Å²) < 4.78 is 14.0. The lowest BCUT2D eigenvalue weighted by Gasteiger charge is -2.14. The number of hydrogen-bond acceptors (Lipinski definition) is 5. The average Bonchev–Trinajstić information content (AvgIpc) is 2.88. The van der Waals surface area contributed by atoms with Crippen molar-refractivity contribution in [3.05, 3.63) is 97.5 Å². The highest BCUT2D eigenvalue weighted by Crippen LogP contribution is 2.29. The topological polar surface area (TPSA) is 65.7 Å². The molecule has 4 aromatic rings. The van der Waals surface area contributed by atoms with Crippen molar-refractivity contribution in [1.29, 1.82) is 0 Å². The van der Waals surface area contributed by atoms with Crippen molar-refractivity contribution in [3.63, 3.8) is 0 Å². The molecule has 0 spiro atoms. The second-order valence-corrected chi connectivity index (χ2v) is 9.71. The quantitative estimate of drug-likeness (QED) is 0.201. The number of benzene rings is 3. The van der Waals surface area contributed by atoms with Crippen molar-refractivity contribution < 1.29 is 9.47 Å². The highest BCUT2D eigenvalue weighted by Gasteiger charge is 2.16. The molecule has 1 atom stereocenters. The van der Waals surface area contributed by atoms with Gasteiger partial charge in [0, 0.05) is 15.4 Å². The van der Waals surface area contributed by atoms with E-state index in [1.807, 2.05) is 68.4 Å². The molecule has 1 heterocycles. The van der Waals surface area contributed by atoms with Crippen LogP contribution >= 0.6 is 27.5 Å². The molecular formula is C28H27BrClN3O3. The van der Waals surface area contributed by atoms with Gasteiger partial charge >= 0.3 is 0 Å². The molecule has 0 saturated carbocycles. The fraction of sp³-hybridized carbons (Fsp3) is 0.250. The second-order valence-electron chi connectivity index (χ2n) is 8.36. The van der Waals surface area contributed by atoms with Crippen LogP contribution in [0.15, 0.2) is 75.0 Å². The van der Waals surface area contributed by atoms with Gasteiger partial charge in [0.2, 0.25) is 0 Å². The number of hydrogen-bond donors (Lipinski definition) is 0. The Bertz CT molecular complexity index is 1450. The second kappa shape index (κ2) is 11.7. The molecule has 0 aliphatic heterocycles. The summed E-state index contributed by atoms with van der Waals surface area (Å²) in [6.45, 7) is 6.89. The minimum Gasteiger partial charge on any atom is -0.490 e. The van der Waals surface area contributed by atoms with Crippen molar-refractivity contribution >= 4 is 44.6 Å². The Balaban J connectivity index is 1.66. The third kappa shape index (κ3) is 5.97. The van der Waals surface area contributed by atoms with Crippen molar-refractivity contribution in [1.82, 2.24) is 9.66 Å². The lowest BCUT2D eigenvalue weighted by molar-refractivity contribution is 0.269. The Morgan fingerprint density at radius 3 is 2.56 bits per heavy atom. The van der Waals surface area contributed by atoms with Crippen LogP contribution in [0.1, 0.15) is 50.1 Å². The predicted octanol–water partition coefficient (Wildman–Crippen LogP) is 7.19. The maximum absolute atomic E-state index is 13.3. The van der Waals surface area contributed by atoms with Gasteiger partial charge in [-0.3, -0.25) is 4.79 Å². The monoisotopic (exact) mass is 567 g/mol. The molecule has 0 fully saturated rings. The van der Waals surface area contributed by atoms with E-state index < -0.39 is 0 Å². The van der Waals surface area contributed by atoms with Crippen LogP contribution in [-0.4, -0.2) is 22.5 Å². The van der Waals surface area contributed by atoms with Crippen LogP contribution in [0.2, 0.25) is 5.02 Å². The molecule has 1 aromatic heterocycles. The zero-order valence-corrected chi connectivity index (χ0v) is 22.7. The summed E-state index contributed by atoms with van der Waals surface area (Å²) in [7, 11) is 0. The third-order valence-electron chi connectivity index (χ3n) is 5.78. The molecule has 6 nitrogen and oxygen atoms in total. The Kier molecular flexibility index (Phi) is 8.44. The van der Waals surface area contributed by atoms with Crippen LogP contribution in [0.4, 0.5) is 0 Å². The van der Waals surface area contributed by atoms with E-state index in [1.54, 1.807) is 12.3 Å². The van der Waals surface area contributed by atoms with E-state index in [0.717, 1.165) is 22.0 Å². The van der Waals surface area contributed by atoms with E-state index in [9.17, 15) is 4.79 Å². The van der Waals surface area contributed by atoms with Crippen molar-refractivity contribution in [2.24, 2.45) is 5.10 Å². The number of aromatic nitrogens is 2. The maximum atomic E-state index is 13.3. The van der Waals surface area contributed by atoms with E-state index in [2.05, 4.69) is 28.0 Å². The first-order valence-corrected chi connectivity index (χ1v) is 13.0. The Morgan fingerprint density at radius 2 is 1.83 bits per heavy atom. The van der Waals surface area contributed by atoms with Crippen LogP contribution < -0.4 is 15.0 Å². The van der Waals surface area contributed by atoms with E-state index in [1.165, 1.54) is 4.68 Å². The number of nitrogens with zero attached hydrogens (tertiary/aromatic N) is 3. The van der Waals surface area contributed by atoms with Gasteiger partial charge in [0.1, 0.15) is 12.4 Å². The van der Waals surface area contributed by atoms with Gasteiger partial charge in [0.25, 0.3) is 5.56 Å². The molecule has 0 amide bonds. The molecule has 0 unspecified atom stereocenters. The molecular weight excluding hydrogens is 542 g/mol. The number of halogens is 2. The van der Waals surface area contributed by atoms with Crippen LogP contribution in [0.3, 0.4) is 0 Å². The fourth-order valence-corrected chi connectivity index (χ4v) is 4.12. The molecule has 36 heavy (non-hydrogen) atoms. The Hall–Kier alpha value is -3.16. The highest BCUT2D eigenvalue weighted by molar-refractivity contribution is 9.10. The molecule has 3 aromatic carbocycles. The summed E-state index contributed by atoms with van der Waals surface area (Å²) in [5, 5.41) is 5.74. The van der Waals surface area contributed by atoms with E-state index in [0.29, 0.717) is 46.5 Å². The lowest BCUT2D eigenvalue weighted by atomic mass is 10.1. The summed E-state index contributed by atoms with van der Waals surface area (Å²) in [4.78, 5) is 18.1. The molecule has 0 N–H and O–H groups in total. The summed E-state index contributed by atoms with van der Waals surface area (Å²) in [6, 6.07) is 18.6. The first kappa shape index (κ1) is 25.9. The van der Waals surface area contributed by atoms with Crippen LogP contribution in [0, 0.1) is 0 Å². The van der Waals surface area contributed by atoms with Crippen LogP contribution in [-0.2, 0) is 6.61 Å². The number of fused-ring (bicyclic) bond motifs is 1. The van der Waals surface area contributed by atoms with E-state index in [-0.39, 0.29) is 11.5 Å². The smallest absolute Gasteiger partial charge is 0.282 e. The first-order chi connectivity index (χ1) is 17.4. The standard InChI is InChI=1S/C28H27BrClN3O3/c1-4-18(3)27-32-24-12-9-21(29)15-23(24)28(34)33(27)31-16-20-8-13-25(26(14-20)35-5-2)36-17-19-6-10-22(30)11-7-19/h6-16,18H,4-5,17H2,1-3H3/t18-/m0/s1. The number of rotatable bonds is 9. The minimum absolute atomic E-state index is 0.0607. The molecule has 0 aliphatic carbocycles. The molecule has 0 aliphatic rings. The summed E-state index contributed by atoms with van der Waals surface area (Å²) in [5.74, 6) is 1.91. The predicted molar refractivity (Wildman–Crippen MR) is 149 cm³/mol. The van der Waals surface area contributed by atoms with E-state index >= 15 is 0 Å². The normalized spacial score (nSPS) is 12.2. The van der Waals surface area contributed by atoms with Crippen LogP contribution in [0.25, 0.3) is 10.9 Å². The van der Waals surface area contributed by atoms with Crippen molar-refractivity contribution in [2.75, 3.05) is 6.61 Å².